The summed E-state index contributed by atoms with van der Waals surface area (Å²) >= 11 is 0. The van der Waals surface area contributed by atoms with Gasteiger partial charge in [0.1, 0.15) is 11.5 Å². The summed E-state index contributed by atoms with van der Waals surface area (Å²) in [6.07, 6.45) is 1.44. The van der Waals surface area contributed by atoms with Crippen molar-refractivity contribution < 1.29 is 14.3 Å². The molecule has 1 aromatic heterocycles. The minimum Gasteiger partial charge on any atom is -0.497 e. The molecule has 4 nitrogen and oxygen atoms in total. The number of aliphatic hydroxyl groups excluding tert-OH is 1. The number of aromatic nitrogens is 1. The minimum atomic E-state index is 0.171. The van der Waals surface area contributed by atoms with Gasteiger partial charge in [0, 0.05) is 12.2 Å². The van der Waals surface area contributed by atoms with Gasteiger partial charge in [-0.2, -0.15) is 0 Å². The van der Waals surface area contributed by atoms with Crippen LogP contribution in [-0.4, -0.2) is 23.8 Å². The predicted octanol–water partition coefficient (Wildman–Crippen LogP) is 2.58. The second-order valence-electron chi connectivity index (χ2n) is 4.08. The molecule has 2 aromatic rings. The fraction of sp³-hybridized carbons (Fsp3) is 0.357. The third-order valence-corrected chi connectivity index (χ3v) is 2.80. The van der Waals surface area contributed by atoms with Crippen LogP contribution in [0.3, 0.4) is 0 Å². The Morgan fingerprint density at radius 2 is 2.00 bits per heavy atom. The van der Waals surface area contributed by atoms with Crippen LogP contribution in [-0.2, 0) is 6.42 Å². The standard InChI is InChI=1S/C14H17NO3/c1-10-13(4-3-9-16)15-14(18-10)11-5-7-12(17-2)8-6-11/h5-8,16H,3-4,9H2,1-2H3. The molecule has 0 saturated carbocycles. The first-order valence-electron chi connectivity index (χ1n) is 5.96. The highest BCUT2D eigenvalue weighted by atomic mass is 16.5. The molecule has 96 valence electrons. The second kappa shape index (κ2) is 5.69. The van der Waals surface area contributed by atoms with Crippen molar-refractivity contribution in [1.29, 1.82) is 0 Å². The van der Waals surface area contributed by atoms with Gasteiger partial charge in [-0.05, 0) is 44.0 Å². The molecular formula is C14H17NO3. The molecule has 1 N–H and O–H groups in total. The highest BCUT2D eigenvalue weighted by Crippen LogP contribution is 2.24. The molecule has 0 aliphatic heterocycles. The number of hydrogen-bond acceptors (Lipinski definition) is 4. The van der Waals surface area contributed by atoms with E-state index in [9.17, 15) is 0 Å². The van der Waals surface area contributed by atoms with E-state index in [-0.39, 0.29) is 6.61 Å². The van der Waals surface area contributed by atoms with Gasteiger partial charge in [0.05, 0.1) is 12.8 Å². The van der Waals surface area contributed by atoms with Gasteiger partial charge < -0.3 is 14.3 Å². The molecule has 0 aliphatic carbocycles. The second-order valence-corrected chi connectivity index (χ2v) is 4.08. The van der Waals surface area contributed by atoms with Crippen LogP contribution >= 0.6 is 0 Å². The van der Waals surface area contributed by atoms with Crippen LogP contribution in [0.1, 0.15) is 17.9 Å². The number of benzene rings is 1. The van der Waals surface area contributed by atoms with Gasteiger partial charge in [-0.3, -0.25) is 0 Å². The van der Waals surface area contributed by atoms with Crippen molar-refractivity contribution in [3.8, 4) is 17.2 Å². The molecule has 0 radical (unpaired) electrons. The average Bonchev–Trinajstić information content (AvgIpc) is 2.78. The van der Waals surface area contributed by atoms with E-state index in [0.29, 0.717) is 12.3 Å². The Morgan fingerprint density at radius 3 is 2.61 bits per heavy atom. The summed E-state index contributed by atoms with van der Waals surface area (Å²) in [5.74, 6) is 2.24. The molecule has 18 heavy (non-hydrogen) atoms. The van der Waals surface area contributed by atoms with E-state index >= 15 is 0 Å². The molecule has 0 spiro atoms. The topological polar surface area (TPSA) is 55.5 Å². The van der Waals surface area contributed by atoms with Gasteiger partial charge in [0.15, 0.2) is 0 Å². The lowest BCUT2D eigenvalue weighted by molar-refractivity contribution is 0.288. The van der Waals surface area contributed by atoms with E-state index in [1.165, 1.54) is 0 Å². The maximum absolute atomic E-state index is 8.83. The van der Waals surface area contributed by atoms with Crippen molar-refractivity contribution in [3.63, 3.8) is 0 Å². The molecule has 1 heterocycles. The monoisotopic (exact) mass is 247 g/mol. The fourth-order valence-corrected chi connectivity index (χ4v) is 1.76. The summed E-state index contributed by atoms with van der Waals surface area (Å²) < 4.78 is 10.7. The average molecular weight is 247 g/mol. The Balaban J connectivity index is 2.21. The van der Waals surface area contributed by atoms with Crippen molar-refractivity contribution in [2.45, 2.75) is 19.8 Å². The molecule has 0 amide bonds. The minimum absolute atomic E-state index is 0.171. The third-order valence-electron chi connectivity index (χ3n) is 2.80. The van der Waals surface area contributed by atoms with Gasteiger partial charge in [-0.1, -0.05) is 0 Å². The normalized spacial score (nSPS) is 10.6. The summed E-state index contributed by atoms with van der Waals surface area (Å²) in [4.78, 5) is 4.45. The van der Waals surface area contributed by atoms with Crippen LogP contribution in [0, 0.1) is 6.92 Å². The van der Waals surface area contributed by atoms with Crippen LogP contribution in [0.15, 0.2) is 28.7 Å². The number of aryl methyl sites for hydroxylation is 2. The zero-order chi connectivity index (χ0) is 13.0. The number of oxazole rings is 1. The summed E-state index contributed by atoms with van der Waals surface area (Å²) in [5, 5.41) is 8.83. The lowest BCUT2D eigenvalue weighted by Crippen LogP contribution is -1.91. The Morgan fingerprint density at radius 1 is 1.28 bits per heavy atom. The molecule has 0 fully saturated rings. The predicted molar refractivity (Wildman–Crippen MR) is 68.6 cm³/mol. The van der Waals surface area contributed by atoms with Gasteiger partial charge in [0.25, 0.3) is 0 Å². The van der Waals surface area contributed by atoms with Crippen LogP contribution in [0.4, 0.5) is 0 Å². The van der Waals surface area contributed by atoms with E-state index in [1.807, 2.05) is 31.2 Å². The number of aliphatic hydroxyl groups is 1. The Hall–Kier alpha value is -1.81. The van der Waals surface area contributed by atoms with Crippen molar-refractivity contribution in [2.75, 3.05) is 13.7 Å². The van der Waals surface area contributed by atoms with Crippen LogP contribution in [0.2, 0.25) is 0 Å². The van der Waals surface area contributed by atoms with Crippen molar-refractivity contribution in [3.05, 3.63) is 35.7 Å². The maximum Gasteiger partial charge on any atom is 0.226 e. The first kappa shape index (κ1) is 12.6. The quantitative estimate of drug-likeness (QED) is 0.882. The van der Waals surface area contributed by atoms with E-state index in [1.54, 1.807) is 7.11 Å². The van der Waals surface area contributed by atoms with Crippen LogP contribution in [0.25, 0.3) is 11.5 Å². The molecule has 0 unspecified atom stereocenters. The van der Waals surface area contributed by atoms with Gasteiger partial charge in [-0.15, -0.1) is 0 Å². The first-order valence-corrected chi connectivity index (χ1v) is 5.96. The lowest BCUT2D eigenvalue weighted by Gasteiger charge is -1.99. The Kier molecular flexibility index (Phi) is 3.99. The number of nitrogens with zero attached hydrogens (tertiary/aromatic N) is 1. The maximum atomic E-state index is 8.83. The molecular weight excluding hydrogens is 230 g/mol. The molecule has 4 heteroatoms. The summed E-state index contributed by atoms with van der Waals surface area (Å²) in [7, 11) is 1.64. The summed E-state index contributed by atoms with van der Waals surface area (Å²) in [6.45, 7) is 2.07. The van der Waals surface area contributed by atoms with E-state index < -0.39 is 0 Å². The van der Waals surface area contributed by atoms with Crippen molar-refractivity contribution in [2.24, 2.45) is 0 Å². The Bertz CT molecular complexity index is 502. The molecule has 0 bridgehead atoms. The SMILES string of the molecule is COc1ccc(-c2nc(CCCO)c(C)o2)cc1. The largest absolute Gasteiger partial charge is 0.497 e. The highest BCUT2D eigenvalue weighted by molar-refractivity contribution is 5.55. The molecule has 0 atom stereocenters. The van der Waals surface area contributed by atoms with Crippen molar-refractivity contribution >= 4 is 0 Å². The number of methoxy groups -OCH3 is 1. The fourth-order valence-electron chi connectivity index (χ4n) is 1.76. The molecule has 0 saturated heterocycles. The van der Waals surface area contributed by atoms with Crippen LogP contribution < -0.4 is 4.74 Å². The number of rotatable bonds is 5. The third kappa shape index (κ3) is 2.71. The highest BCUT2D eigenvalue weighted by Gasteiger charge is 2.10. The van der Waals surface area contributed by atoms with Gasteiger partial charge >= 0.3 is 0 Å². The zero-order valence-electron chi connectivity index (χ0n) is 10.6. The summed E-state index contributed by atoms with van der Waals surface area (Å²) in [6, 6.07) is 7.59. The van der Waals surface area contributed by atoms with Crippen LogP contribution in [0.5, 0.6) is 5.75 Å². The zero-order valence-corrected chi connectivity index (χ0v) is 10.6. The van der Waals surface area contributed by atoms with Gasteiger partial charge in [-0.25, -0.2) is 4.98 Å². The van der Waals surface area contributed by atoms with E-state index in [0.717, 1.165) is 29.2 Å². The van der Waals surface area contributed by atoms with Crippen molar-refractivity contribution in [1.82, 2.24) is 4.98 Å². The Labute approximate surface area is 106 Å². The molecule has 2 rings (SSSR count). The van der Waals surface area contributed by atoms with E-state index in [2.05, 4.69) is 4.98 Å². The molecule has 0 aliphatic rings. The van der Waals surface area contributed by atoms with Gasteiger partial charge in [0.2, 0.25) is 5.89 Å². The first-order chi connectivity index (χ1) is 8.74. The van der Waals surface area contributed by atoms with E-state index in [4.69, 9.17) is 14.3 Å². The number of ether oxygens (including phenoxy) is 1. The number of hydrogen-bond donors (Lipinski definition) is 1. The molecule has 1 aromatic carbocycles. The lowest BCUT2D eigenvalue weighted by atomic mass is 10.2. The smallest absolute Gasteiger partial charge is 0.226 e. The summed E-state index contributed by atoms with van der Waals surface area (Å²) in [5.41, 5.74) is 1.84.